The van der Waals surface area contributed by atoms with E-state index in [4.69, 9.17) is 0 Å². The fourth-order valence-corrected chi connectivity index (χ4v) is 2.33. The van der Waals surface area contributed by atoms with E-state index in [0.29, 0.717) is 6.42 Å². The van der Waals surface area contributed by atoms with Gasteiger partial charge in [0.1, 0.15) is 12.2 Å². The molecule has 2 rings (SSSR count). The molecule has 0 aliphatic rings. The maximum Gasteiger partial charge on any atom is 0.138 e. The van der Waals surface area contributed by atoms with Gasteiger partial charge in [0.2, 0.25) is 0 Å². The van der Waals surface area contributed by atoms with Crippen molar-refractivity contribution in [2.24, 2.45) is 0 Å². The summed E-state index contributed by atoms with van der Waals surface area (Å²) in [5.74, 6) is 0.822. The highest BCUT2D eigenvalue weighted by Crippen LogP contribution is 2.22. The first-order chi connectivity index (χ1) is 8.99. The summed E-state index contributed by atoms with van der Waals surface area (Å²) in [5, 5.41) is 14.6. The van der Waals surface area contributed by atoms with Crippen molar-refractivity contribution in [3.63, 3.8) is 0 Å². The first-order valence-electron chi connectivity index (χ1n) is 6.62. The molecule has 0 aliphatic carbocycles. The van der Waals surface area contributed by atoms with Crippen LogP contribution in [0.3, 0.4) is 0 Å². The number of rotatable bonds is 4. The van der Waals surface area contributed by atoms with Crippen LogP contribution in [0.2, 0.25) is 0 Å². The summed E-state index contributed by atoms with van der Waals surface area (Å²) in [5.41, 5.74) is 3.28. The number of aliphatic hydroxyl groups excluding tert-OH is 1. The Morgan fingerprint density at radius 3 is 2.63 bits per heavy atom. The van der Waals surface area contributed by atoms with Crippen molar-refractivity contribution in [2.45, 2.75) is 46.3 Å². The van der Waals surface area contributed by atoms with Gasteiger partial charge in [0.25, 0.3) is 0 Å². The molecule has 0 bridgehead atoms. The van der Waals surface area contributed by atoms with Gasteiger partial charge in [0.15, 0.2) is 0 Å². The zero-order valence-electron chi connectivity index (χ0n) is 12.0. The van der Waals surface area contributed by atoms with Crippen LogP contribution in [0.5, 0.6) is 0 Å². The van der Waals surface area contributed by atoms with Crippen LogP contribution in [0.1, 0.15) is 48.5 Å². The second-order valence-electron chi connectivity index (χ2n) is 5.29. The number of hydrogen-bond donors (Lipinski definition) is 1. The zero-order chi connectivity index (χ0) is 14.0. The standard InChI is InChI=1S/C15H21N3O/c1-10(2)18-15(16-9-17-18)8-14(19)13-6-5-11(3)7-12(13)4/h5-7,9-10,14,19H,8H2,1-4H3. The summed E-state index contributed by atoms with van der Waals surface area (Å²) in [4.78, 5) is 4.24. The van der Waals surface area contributed by atoms with Crippen molar-refractivity contribution in [3.8, 4) is 0 Å². The molecule has 1 atom stereocenters. The van der Waals surface area contributed by atoms with E-state index in [2.05, 4.69) is 36.9 Å². The number of benzene rings is 1. The van der Waals surface area contributed by atoms with Gasteiger partial charge in [-0.05, 0) is 38.8 Å². The molecule has 1 heterocycles. The van der Waals surface area contributed by atoms with Crippen LogP contribution < -0.4 is 0 Å². The summed E-state index contributed by atoms with van der Waals surface area (Å²) in [7, 11) is 0. The maximum atomic E-state index is 10.4. The molecule has 0 spiro atoms. The summed E-state index contributed by atoms with van der Waals surface area (Å²) < 4.78 is 1.85. The van der Waals surface area contributed by atoms with Gasteiger partial charge in [-0.15, -0.1) is 0 Å². The molecule has 1 unspecified atom stereocenters. The predicted octanol–water partition coefficient (Wildman–Crippen LogP) is 2.75. The van der Waals surface area contributed by atoms with E-state index in [9.17, 15) is 5.11 Å². The van der Waals surface area contributed by atoms with Gasteiger partial charge in [-0.2, -0.15) is 5.10 Å². The highest BCUT2D eigenvalue weighted by atomic mass is 16.3. The van der Waals surface area contributed by atoms with E-state index in [0.717, 1.165) is 17.0 Å². The van der Waals surface area contributed by atoms with Crippen LogP contribution in [0.4, 0.5) is 0 Å². The molecule has 102 valence electrons. The van der Waals surface area contributed by atoms with Crippen molar-refractivity contribution in [2.75, 3.05) is 0 Å². The number of hydrogen-bond acceptors (Lipinski definition) is 3. The van der Waals surface area contributed by atoms with Gasteiger partial charge in [-0.25, -0.2) is 9.67 Å². The van der Waals surface area contributed by atoms with Gasteiger partial charge in [-0.3, -0.25) is 0 Å². The van der Waals surface area contributed by atoms with E-state index >= 15 is 0 Å². The molecule has 19 heavy (non-hydrogen) atoms. The molecule has 2 aromatic rings. The first kappa shape index (κ1) is 13.7. The second-order valence-corrected chi connectivity index (χ2v) is 5.29. The Hall–Kier alpha value is -1.68. The van der Waals surface area contributed by atoms with Crippen LogP contribution >= 0.6 is 0 Å². The Bertz CT molecular complexity index is 560. The predicted molar refractivity (Wildman–Crippen MR) is 75.0 cm³/mol. The van der Waals surface area contributed by atoms with E-state index < -0.39 is 6.10 Å². The third-order valence-corrected chi connectivity index (χ3v) is 3.30. The summed E-state index contributed by atoms with van der Waals surface area (Å²) in [6, 6.07) is 6.36. The minimum absolute atomic E-state index is 0.254. The van der Waals surface area contributed by atoms with Gasteiger partial charge in [0, 0.05) is 12.5 Å². The molecule has 1 N–H and O–H groups in total. The molecule has 0 aliphatic heterocycles. The van der Waals surface area contributed by atoms with Gasteiger partial charge in [-0.1, -0.05) is 23.8 Å². The van der Waals surface area contributed by atoms with Crippen molar-refractivity contribution in [3.05, 3.63) is 47.0 Å². The van der Waals surface area contributed by atoms with Gasteiger partial charge < -0.3 is 5.11 Å². The van der Waals surface area contributed by atoms with E-state index in [1.54, 1.807) is 6.33 Å². The van der Waals surface area contributed by atoms with E-state index in [1.807, 2.05) is 23.7 Å². The summed E-state index contributed by atoms with van der Waals surface area (Å²) in [6.07, 6.45) is 1.49. The Kier molecular flexibility index (Phi) is 4.00. The Labute approximate surface area is 114 Å². The summed E-state index contributed by atoms with van der Waals surface area (Å²) in [6.45, 7) is 8.20. The number of aromatic nitrogens is 3. The van der Waals surface area contributed by atoms with Crippen molar-refractivity contribution >= 4 is 0 Å². The lowest BCUT2D eigenvalue weighted by atomic mass is 9.99. The number of nitrogens with zero attached hydrogens (tertiary/aromatic N) is 3. The molecule has 1 aromatic heterocycles. The minimum atomic E-state index is -0.540. The average Bonchev–Trinajstić information content (AvgIpc) is 2.76. The first-order valence-corrected chi connectivity index (χ1v) is 6.62. The SMILES string of the molecule is Cc1ccc(C(O)Cc2ncnn2C(C)C)c(C)c1. The summed E-state index contributed by atoms with van der Waals surface area (Å²) >= 11 is 0. The lowest BCUT2D eigenvalue weighted by Gasteiger charge is -2.15. The highest BCUT2D eigenvalue weighted by molar-refractivity contribution is 5.32. The lowest BCUT2D eigenvalue weighted by Crippen LogP contribution is -2.12. The second kappa shape index (κ2) is 5.53. The van der Waals surface area contributed by atoms with Gasteiger partial charge >= 0.3 is 0 Å². The van der Waals surface area contributed by atoms with Crippen LogP contribution in [-0.2, 0) is 6.42 Å². The molecule has 0 fully saturated rings. The molecule has 0 saturated heterocycles. The Morgan fingerprint density at radius 2 is 2.00 bits per heavy atom. The molecule has 0 radical (unpaired) electrons. The molecule has 1 aromatic carbocycles. The fourth-order valence-electron chi connectivity index (χ4n) is 2.33. The third-order valence-electron chi connectivity index (χ3n) is 3.30. The molecule has 0 amide bonds. The molecular formula is C15H21N3O. The van der Waals surface area contributed by atoms with E-state index in [1.165, 1.54) is 5.56 Å². The topological polar surface area (TPSA) is 50.9 Å². The van der Waals surface area contributed by atoms with Crippen molar-refractivity contribution in [1.82, 2.24) is 14.8 Å². The Morgan fingerprint density at radius 1 is 1.26 bits per heavy atom. The lowest BCUT2D eigenvalue weighted by molar-refractivity contribution is 0.172. The number of aryl methyl sites for hydroxylation is 2. The van der Waals surface area contributed by atoms with Gasteiger partial charge in [0.05, 0.1) is 6.10 Å². The van der Waals surface area contributed by atoms with E-state index in [-0.39, 0.29) is 6.04 Å². The molecular weight excluding hydrogens is 238 g/mol. The average molecular weight is 259 g/mol. The smallest absolute Gasteiger partial charge is 0.138 e. The molecule has 4 nitrogen and oxygen atoms in total. The van der Waals surface area contributed by atoms with Crippen molar-refractivity contribution < 1.29 is 5.11 Å². The quantitative estimate of drug-likeness (QED) is 0.918. The van der Waals surface area contributed by atoms with Crippen LogP contribution in [0, 0.1) is 13.8 Å². The molecule has 0 saturated carbocycles. The number of aliphatic hydroxyl groups is 1. The normalized spacial score (nSPS) is 12.9. The van der Waals surface area contributed by atoms with Crippen LogP contribution in [0.15, 0.2) is 24.5 Å². The molecule has 4 heteroatoms. The maximum absolute atomic E-state index is 10.4. The largest absolute Gasteiger partial charge is 0.388 e. The van der Waals surface area contributed by atoms with Crippen molar-refractivity contribution in [1.29, 1.82) is 0 Å². The monoisotopic (exact) mass is 259 g/mol. The third kappa shape index (κ3) is 3.01. The Balaban J connectivity index is 2.21. The minimum Gasteiger partial charge on any atom is -0.388 e. The fraction of sp³-hybridized carbons (Fsp3) is 0.467. The van der Waals surface area contributed by atoms with Crippen LogP contribution in [-0.4, -0.2) is 19.9 Å². The van der Waals surface area contributed by atoms with Crippen LogP contribution in [0.25, 0.3) is 0 Å². The zero-order valence-corrected chi connectivity index (χ0v) is 12.0. The highest BCUT2D eigenvalue weighted by Gasteiger charge is 2.16.